The van der Waals surface area contributed by atoms with Crippen molar-refractivity contribution < 1.29 is 8.42 Å². The van der Waals surface area contributed by atoms with Crippen molar-refractivity contribution in [2.45, 2.75) is 0 Å². The maximum atomic E-state index is 10.6. The molecule has 0 aromatic carbocycles. The molecule has 0 saturated carbocycles. The minimum atomic E-state index is -3.19. The van der Waals surface area contributed by atoms with E-state index in [0.29, 0.717) is 0 Å². The molecule has 0 rings (SSSR count). The van der Waals surface area contributed by atoms with Crippen LogP contribution in [-0.4, -0.2) is 26.0 Å². The molecular weight excluding hydrogens is 140 g/mol. The summed E-state index contributed by atoms with van der Waals surface area (Å²) in [4.78, 5) is 0. The second kappa shape index (κ2) is 2.26. The Labute approximate surface area is 55.0 Å². The molecule has 0 fully saturated rings. The molecule has 0 aliphatic carbocycles. The van der Waals surface area contributed by atoms with Crippen molar-refractivity contribution in [1.82, 2.24) is 4.31 Å². The van der Waals surface area contributed by atoms with E-state index in [4.69, 9.17) is 5.73 Å². The standard InChI is InChI=1S/C4H10N2O2S/c1-4(5)6(2)9(3,7)8/h1,5H2,2-3H3. The van der Waals surface area contributed by atoms with Gasteiger partial charge in [-0.15, -0.1) is 0 Å². The van der Waals surface area contributed by atoms with Crippen LogP contribution in [0.3, 0.4) is 0 Å². The zero-order chi connectivity index (χ0) is 7.65. The maximum absolute atomic E-state index is 10.6. The van der Waals surface area contributed by atoms with E-state index in [1.54, 1.807) is 0 Å². The lowest BCUT2D eigenvalue weighted by Gasteiger charge is -2.14. The molecule has 2 N–H and O–H groups in total. The van der Waals surface area contributed by atoms with Crippen molar-refractivity contribution in [3.05, 3.63) is 12.4 Å². The van der Waals surface area contributed by atoms with Crippen molar-refractivity contribution in [3.8, 4) is 0 Å². The van der Waals surface area contributed by atoms with E-state index in [-0.39, 0.29) is 5.82 Å². The fraction of sp³-hybridized carbons (Fsp3) is 0.500. The van der Waals surface area contributed by atoms with Crippen LogP contribution in [0.1, 0.15) is 0 Å². The summed E-state index contributed by atoms with van der Waals surface area (Å²) in [6.07, 6.45) is 1.06. The molecule has 0 bridgehead atoms. The Balaban J connectivity index is 4.43. The summed E-state index contributed by atoms with van der Waals surface area (Å²) in [6.45, 7) is 3.25. The highest BCUT2D eigenvalue weighted by molar-refractivity contribution is 7.88. The fourth-order valence-corrected chi connectivity index (χ4v) is 0.639. The molecule has 0 aliphatic rings. The highest BCUT2D eigenvalue weighted by Crippen LogP contribution is 1.95. The predicted molar refractivity (Wildman–Crippen MR) is 35.9 cm³/mol. The Morgan fingerprint density at radius 2 is 2.00 bits per heavy atom. The lowest BCUT2D eigenvalue weighted by atomic mass is 10.8. The van der Waals surface area contributed by atoms with Gasteiger partial charge in [-0.2, -0.15) is 0 Å². The molecule has 4 nitrogen and oxygen atoms in total. The quantitative estimate of drug-likeness (QED) is 0.566. The van der Waals surface area contributed by atoms with Crippen LogP contribution in [0.5, 0.6) is 0 Å². The third kappa shape index (κ3) is 2.36. The molecule has 0 aromatic rings. The van der Waals surface area contributed by atoms with Crippen LogP contribution < -0.4 is 5.73 Å². The Kier molecular flexibility index (Phi) is 2.08. The molecule has 0 amide bonds. The van der Waals surface area contributed by atoms with Gasteiger partial charge in [-0.3, -0.25) is 4.31 Å². The van der Waals surface area contributed by atoms with E-state index < -0.39 is 10.0 Å². The van der Waals surface area contributed by atoms with Crippen LogP contribution in [0.4, 0.5) is 0 Å². The Morgan fingerprint density at radius 3 is 2.00 bits per heavy atom. The highest BCUT2D eigenvalue weighted by atomic mass is 32.2. The van der Waals surface area contributed by atoms with Crippen molar-refractivity contribution in [2.24, 2.45) is 5.73 Å². The third-order valence-electron chi connectivity index (χ3n) is 0.902. The van der Waals surface area contributed by atoms with E-state index in [2.05, 4.69) is 6.58 Å². The van der Waals surface area contributed by atoms with Crippen LogP contribution in [0.25, 0.3) is 0 Å². The monoisotopic (exact) mass is 150 g/mol. The van der Waals surface area contributed by atoms with Crippen molar-refractivity contribution in [1.29, 1.82) is 0 Å². The van der Waals surface area contributed by atoms with Crippen molar-refractivity contribution >= 4 is 10.0 Å². The molecular formula is C4H10N2O2S. The van der Waals surface area contributed by atoms with Gasteiger partial charge >= 0.3 is 0 Å². The summed E-state index contributed by atoms with van der Waals surface area (Å²) >= 11 is 0. The molecule has 0 atom stereocenters. The first-order valence-electron chi connectivity index (χ1n) is 2.24. The molecule has 0 spiro atoms. The van der Waals surface area contributed by atoms with Gasteiger partial charge in [0.2, 0.25) is 10.0 Å². The number of sulfonamides is 1. The van der Waals surface area contributed by atoms with E-state index in [1.807, 2.05) is 0 Å². The summed E-state index contributed by atoms with van der Waals surface area (Å²) in [5, 5.41) is 0. The highest BCUT2D eigenvalue weighted by Gasteiger charge is 2.08. The van der Waals surface area contributed by atoms with Crippen molar-refractivity contribution in [3.63, 3.8) is 0 Å². The molecule has 0 unspecified atom stereocenters. The minimum Gasteiger partial charge on any atom is -0.385 e. The Bertz CT molecular complexity index is 207. The first-order valence-corrected chi connectivity index (χ1v) is 4.09. The maximum Gasteiger partial charge on any atom is 0.233 e. The average molecular weight is 150 g/mol. The zero-order valence-corrected chi connectivity index (χ0v) is 6.27. The van der Waals surface area contributed by atoms with Crippen molar-refractivity contribution in [2.75, 3.05) is 13.3 Å². The topological polar surface area (TPSA) is 63.4 Å². The number of nitrogens with zero attached hydrogens (tertiary/aromatic N) is 1. The summed E-state index contributed by atoms with van der Waals surface area (Å²) < 4.78 is 22.0. The number of hydrogen-bond donors (Lipinski definition) is 1. The predicted octanol–water partition coefficient (Wildman–Crippen LogP) is -0.692. The molecule has 9 heavy (non-hydrogen) atoms. The van der Waals surface area contributed by atoms with Crippen LogP contribution in [0, 0.1) is 0 Å². The average Bonchev–Trinajstić information content (AvgIpc) is 1.62. The second-order valence-electron chi connectivity index (χ2n) is 1.72. The van der Waals surface area contributed by atoms with Gasteiger partial charge in [-0.25, -0.2) is 8.42 Å². The van der Waals surface area contributed by atoms with Gasteiger partial charge in [0.25, 0.3) is 0 Å². The van der Waals surface area contributed by atoms with Gasteiger partial charge < -0.3 is 5.73 Å². The van der Waals surface area contributed by atoms with E-state index in [0.717, 1.165) is 10.6 Å². The van der Waals surface area contributed by atoms with Crippen LogP contribution in [0.2, 0.25) is 0 Å². The normalized spacial score (nSPS) is 10.9. The zero-order valence-electron chi connectivity index (χ0n) is 5.46. The van der Waals surface area contributed by atoms with Gasteiger partial charge in [0.1, 0.15) is 5.82 Å². The second-order valence-corrected chi connectivity index (χ2v) is 3.74. The number of nitrogens with two attached hydrogens (primary N) is 1. The van der Waals surface area contributed by atoms with Gasteiger partial charge in [0, 0.05) is 7.05 Å². The van der Waals surface area contributed by atoms with Gasteiger partial charge in [-0.05, 0) is 0 Å². The van der Waals surface area contributed by atoms with Gasteiger partial charge in [-0.1, -0.05) is 6.58 Å². The lowest BCUT2D eigenvalue weighted by Crippen LogP contribution is -2.28. The molecule has 0 radical (unpaired) electrons. The van der Waals surface area contributed by atoms with Gasteiger partial charge in [0.15, 0.2) is 0 Å². The smallest absolute Gasteiger partial charge is 0.233 e. The van der Waals surface area contributed by atoms with Crippen LogP contribution in [0.15, 0.2) is 12.4 Å². The van der Waals surface area contributed by atoms with Crippen LogP contribution in [-0.2, 0) is 10.0 Å². The largest absolute Gasteiger partial charge is 0.385 e. The first-order chi connectivity index (χ1) is 3.85. The summed E-state index contributed by atoms with van der Waals surface area (Å²) in [7, 11) is -1.85. The van der Waals surface area contributed by atoms with E-state index in [9.17, 15) is 8.42 Å². The third-order valence-corrected chi connectivity index (χ3v) is 2.13. The SMILES string of the molecule is C=C(N)N(C)S(C)(=O)=O. The Morgan fingerprint density at radius 1 is 1.67 bits per heavy atom. The van der Waals surface area contributed by atoms with Crippen LogP contribution >= 0.6 is 0 Å². The molecule has 0 heterocycles. The minimum absolute atomic E-state index is 0.0255. The summed E-state index contributed by atoms with van der Waals surface area (Å²) in [6, 6.07) is 0. The molecule has 0 aliphatic heterocycles. The van der Waals surface area contributed by atoms with E-state index >= 15 is 0 Å². The summed E-state index contributed by atoms with van der Waals surface area (Å²) in [5.41, 5.74) is 5.07. The molecule has 0 saturated heterocycles. The molecule has 54 valence electrons. The van der Waals surface area contributed by atoms with E-state index in [1.165, 1.54) is 7.05 Å². The Hall–Kier alpha value is -0.710. The molecule has 5 heteroatoms. The first kappa shape index (κ1) is 8.29. The molecule has 0 aromatic heterocycles. The van der Waals surface area contributed by atoms with Gasteiger partial charge in [0.05, 0.1) is 6.26 Å². The lowest BCUT2D eigenvalue weighted by molar-refractivity contribution is 0.528. The number of rotatable bonds is 2. The fourth-order valence-electron chi connectivity index (χ4n) is 0.213. The number of hydrogen-bond acceptors (Lipinski definition) is 3. The summed E-state index contributed by atoms with van der Waals surface area (Å²) in [5.74, 6) is 0.0255.